The second-order valence-electron chi connectivity index (χ2n) is 7.74. The van der Waals surface area contributed by atoms with Crippen LogP contribution in [0.25, 0.3) is 0 Å². The number of piperidine rings is 1. The number of amides is 1. The minimum Gasteiger partial charge on any atom is -0.370 e. The zero-order valence-electron chi connectivity index (χ0n) is 16.4. The summed E-state index contributed by atoms with van der Waals surface area (Å²) in [4.78, 5) is 15.1. The van der Waals surface area contributed by atoms with Gasteiger partial charge in [-0.2, -0.15) is 0 Å². The summed E-state index contributed by atoms with van der Waals surface area (Å²) in [5.41, 5.74) is 2.17. The smallest absolute Gasteiger partial charge is 0.224 e. The molecule has 2 N–H and O–H groups in total. The van der Waals surface area contributed by atoms with Crippen LogP contribution in [0.1, 0.15) is 51.9 Å². The van der Waals surface area contributed by atoms with Crippen LogP contribution >= 0.6 is 24.8 Å². The van der Waals surface area contributed by atoms with Gasteiger partial charge in [-0.25, -0.2) is 0 Å². The van der Waals surface area contributed by atoms with E-state index in [-0.39, 0.29) is 30.7 Å². The molecule has 0 aliphatic carbocycles. The number of anilines is 2. The van der Waals surface area contributed by atoms with E-state index in [2.05, 4.69) is 34.6 Å². The quantitative estimate of drug-likeness (QED) is 0.720. The van der Waals surface area contributed by atoms with Crippen LogP contribution in [-0.4, -0.2) is 32.1 Å². The summed E-state index contributed by atoms with van der Waals surface area (Å²) in [7, 11) is 0. The molecular formula is C21H35Cl2N3O. The van der Waals surface area contributed by atoms with Crippen molar-refractivity contribution in [2.24, 2.45) is 11.8 Å². The second kappa shape index (κ2) is 12.5. The van der Waals surface area contributed by atoms with E-state index in [0.29, 0.717) is 18.3 Å². The van der Waals surface area contributed by atoms with Gasteiger partial charge < -0.3 is 15.5 Å². The van der Waals surface area contributed by atoms with E-state index in [1.165, 1.54) is 44.2 Å². The van der Waals surface area contributed by atoms with Gasteiger partial charge in [0.2, 0.25) is 5.91 Å². The van der Waals surface area contributed by atoms with Crippen LogP contribution in [0.4, 0.5) is 11.4 Å². The first-order chi connectivity index (χ1) is 12.2. The van der Waals surface area contributed by atoms with Gasteiger partial charge in [-0.05, 0) is 62.7 Å². The summed E-state index contributed by atoms with van der Waals surface area (Å²) in [5, 5.41) is 6.61. The third-order valence-corrected chi connectivity index (χ3v) is 5.82. The lowest BCUT2D eigenvalue weighted by Crippen LogP contribution is -2.32. The average Bonchev–Trinajstić information content (AvgIpc) is 2.92. The summed E-state index contributed by atoms with van der Waals surface area (Å²) in [6, 6.07) is 8.30. The van der Waals surface area contributed by atoms with E-state index in [4.69, 9.17) is 0 Å². The molecule has 0 radical (unpaired) electrons. The molecule has 0 aromatic heterocycles. The van der Waals surface area contributed by atoms with Gasteiger partial charge in [0.05, 0.1) is 11.4 Å². The molecule has 0 saturated carbocycles. The van der Waals surface area contributed by atoms with Crippen LogP contribution in [0.3, 0.4) is 0 Å². The van der Waals surface area contributed by atoms with Crippen molar-refractivity contribution in [3.05, 3.63) is 24.3 Å². The van der Waals surface area contributed by atoms with E-state index in [1.54, 1.807) is 0 Å². The molecule has 2 aliphatic heterocycles. The Balaban J connectivity index is 0.00000182. The molecule has 154 valence electrons. The zero-order valence-corrected chi connectivity index (χ0v) is 18.0. The Bertz CT molecular complexity index is 556. The highest BCUT2D eigenvalue weighted by molar-refractivity contribution is 5.94. The molecular weight excluding hydrogens is 381 g/mol. The van der Waals surface area contributed by atoms with E-state index < -0.39 is 0 Å². The summed E-state index contributed by atoms with van der Waals surface area (Å²) >= 11 is 0. The van der Waals surface area contributed by atoms with Crippen molar-refractivity contribution in [3.8, 4) is 0 Å². The first-order valence-corrected chi connectivity index (χ1v) is 10.1. The van der Waals surface area contributed by atoms with Crippen molar-refractivity contribution in [2.75, 3.05) is 36.4 Å². The van der Waals surface area contributed by atoms with Crippen LogP contribution in [0.5, 0.6) is 0 Å². The van der Waals surface area contributed by atoms with Crippen LogP contribution in [-0.2, 0) is 4.79 Å². The Kier molecular flexibility index (Phi) is 11.1. The predicted octanol–water partition coefficient (Wildman–Crippen LogP) is 4.87. The van der Waals surface area contributed by atoms with Crippen LogP contribution in [0, 0.1) is 11.8 Å². The lowest BCUT2D eigenvalue weighted by molar-refractivity contribution is -0.117. The Hall–Kier alpha value is -0.970. The molecule has 0 bridgehead atoms. The number of rotatable bonds is 5. The van der Waals surface area contributed by atoms with Gasteiger partial charge in [-0.1, -0.05) is 31.9 Å². The van der Waals surface area contributed by atoms with Crippen molar-refractivity contribution < 1.29 is 4.79 Å². The Labute approximate surface area is 176 Å². The van der Waals surface area contributed by atoms with Gasteiger partial charge in [0.15, 0.2) is 0 Å². The van der Waals surface area contributed by atoms with Crippen LogP contribution < -0.4 is 15.5 Å². The van der Waals surface area contributed by atoms with E-state index in [0.717, 1.165) is 31.9 Å². The summed E-state index contributed by atoms with van der Waals surface area (Å²) in [5.74, 6) is 1.29. The third kappa shape index (κ3) is 7.17. The number of hydrogen-bond acceptors (Lipinski definition) is 3. The van der Waals surface area contributed by atoms with Crippen molar-refractivity contribution in [1.82, 2.24) is 5.32 Å². The molecule has 2 aliphatic rings. The number of nitrogens with one attached hydrogen (secondary N) is 2. The van der Waals surface area contributed by atoms with Crippen molar-refractivity contribution in [2.45, 2.75) is 51.9 Å². The fourth-order valence-electron chi connectivity index (χ4n) is 4.24. The van der Waals surface area contributed by atoms with Gasteiger partial charge in [0, 0.05) is 19.5 Å². The standard InChI is InChI=1S/C21H33N3O.2ClH/c1-17(18-10-12-22-13-11-18)16-21(25)23-19-8-4-5-9-20(19)24-14-6-2-3-7-15-24;;/h4-5,8-9,17-18,22H,2-3,6-7,10-16H2,1H3,(H,23,25);2*1H. The third-order valence-electron chi connectivity index (χ3n) is 5.82. The topological polar surface area (TPSA) is 44.4 Å². The Morgan fingerprint density at radius 2 is 1.74 bits per heavy atom. The van der Waals surface area contributed by atoms with Crippen LogP contribution in [0.2, 0.25) is 0 Å². The van der Waals surface area contributed by atoms with Crippen molar-refractivity contribution in [1.29, 1.82) is 0 Å². The molecule has 1 aromatic carbocycles. The second-order valence-corrected chi connectivity index (χ2v) is 7.74. The number of para-hydroxylation sites is 2. The fraction of sp³-hybridized carbons (Fsp3) is 0.667. The lowest BCUT2D eigenvalue weighted by atomic mass is 9.84. The zero-order chi connectivity index (χ0) is 17.5. The molecule has 3 rings (SSSR count). The normalized spacial score (nSPS) is 19.2. The molecule has 4 nitrogen and oxygen atoms in total. The maximum absolute atomic E-state index is 12.6. The van der Waals surface area contributed by atoms with E-state index in [9.17, 15) is 4.79 Å². The maximum Gasteiger partial charge on any atom is 0.224 e. The van der Waals surface area contributed by atoms with Gasteiger partial charge in [-0.3, -0.25) is 4.79 Å². The molecule has 2 saturated heterocycles. The molecule has 0 spiro atoms. The first kappa shape index (κ1) is 24.1. The highest BCUT2D eigenvalue weighted by Gasteiger charge is 2.22. The molecule has 2 fully saturated rings. The first-order valence-electron chi connectivity index (χ1n) is 10.1. The fourth-order valence-corrected chi connectivity index (χ4v) is 4.24. The van der Waals surface area contributed by atoms with Gasteiger partial charge >= 0.3 is 0 Å². The highest BCUT2D eigenvalue weighted by Crippen LogP contribution is 2.29. The minimum atomic E-state index is 0. The molecule has 2 heterocycles. The molecule has 1 atom stereocenters. The Morgan fingerprint density at radius 3 is 2.41 bits per heavy atom. The maximum atomic E-state index is 12.6. The van der Waals surface area contributed by atoms with Crippen molar-refractivity contribution >= 4 is 42.1 Å². The van der Waals surface area contributed by atoms with Gasteiger partial charge in [0.25, 0.3) is 0 Å². The van der Waals surface area contributed by atoms with Gasteiger partial charge in [-0.15, -0.1) is 24.8 Å². The monoisotopic (exact) mass is 415 g/mol. The largest absolute Gasteiger partial charge is 0.370 e. The molecule has 1 unspecified atom stereocenters. The SMILES string of the molecule is CC(CC(=O)Nc1ccccc1N1CCCCCC1)C1CCNCC1.Cl.Cl. The number of hydrogen-bond donors (Lipinski definition) is 2. The molecule has 1 aromatic rings. The van der Waals surface area contributed by atoms with Crippen LogP contribution in [0.15, 0.2) is 24.3 Å². The summed E-state index contributed by atoms with van der Waals surface area (Å²) in [6.07, 6.45) is 8.14. The lowest BCUT2D eigenvalue weighted by Gasteiger charge is -2.28. The molecule has 1 amide bonds. The van der Waals surface area contributed by atoms with E-state index in [1.807, 2.05) is 12.1 Å². The van der Waals surface area contributed by atoms with Gasteiger partial charge in [0.1, 0.15) is 0 Å². The number of nitrogens with zero attached hydrogens (tertiary/aromatic N) is 1. The van der Waals surface area contributed by atoms with Crippen molar-refractivity contribution in [3.63, 3.8) is 0 Å². The number of carbonyl (C=O) groups excluding carboxylic acids is 1. The Morgan fingerprint density at radius 1 is 1.11 bits per heavy atom. The summed E-state index contributed by atoms with van der Waals surface area (Å²) in [6.45, 7) is 6.61. The molecule has 27 heavy (non-hydrogen) atoms. The minimum absolute atomic E-state index is 0. The number of benzene rings is 1. The van der Waals surface area contributed by atoms with E-state index >= 15 is 0 Å². The average molecular weight is 416 g/mol. The number of carbonyl (C=O) groups is 1. The predicted molar refractivity (Wildman–Crippen MR) is 120 cm³/mol. The highest BCUT2D eigenvalue weighted by atomic mass is 35.5. The summed E-state index contributed by atoms with van der Waals surface area (Å²) < 4.78 is 0. The number of halogens is 2. The molecule has 6 heteroatoms.